The van der Waals surface area contributed by atoms with Gasteiger partial charge >= 0.3 is 0 Å². The van der Waals surface area contributed by atoms with Crippen LogP contribution in [-0.2, 0) is 0 Å². The predicted octanol–water partition coefficient (Wildman–Crippen LogP) is 2.32. The average molecular weight is 192 g/mol. The number of rotatable bonds is 4. The van der Waals surface area contributed by atoms with Crippen LogP contribution in [0.15, 0.2) is 24.4 Å². The van der Waals surface area contributed by atoms with E-state index in [4.69, 9.17) is 10.5 Å². The molecule has 0 bridgehead atoms. The molecule has 1 heterocycles. The monoisotopic (exact) mass is 192 g/mol. The maximum Gasteiger partial charge on any atom is 0.237 e. The Balaban J connectivity index is 2.59. The van der Waals surface area contributed by atoms with E-state index >= 15 is 0 Å². The summed E-state index contributed by atoms with van der Waals surface area (Å²) >= 11 is 0. The summed E-state index contributed by atoms with van der Waals surface area (Å²) in [6.07, 6.45) is 2.52. The van der Waals surface area contributed by atoms with Gasteiger partial charge in [-0.05, 0) is 25.5 Å². The first-order valence-corrected chi connectivity index (χ1v) is 4.59. The van der Waals surface area contributed by atoms with Crippen molar-refractivity contribution in [3.8, 4) is 5.88 Å². The maximum atomic E-state index is 5.79. The van der Waals surface area contributed by atoms with Gasteiger partial charge < -0.3 is 10.5 Å². The second kappa shape index (κ2) is 4.65. The third-order valence-corrected chi connectivity index (χ3v) is 1.94. The van der Waals surface area contributed by atoms with E-state index in [0.29, 0.717) is 18.2 Å². The van der Waals surface area contributed by atoms with Crippen LogP contribution < -0.4 is 10.5 Å². The summed E-state index contributed by atoms with van der Waals surface area (Å²) in [5, 5.41) is 0. The van der Waals surface area contributed by atoms with Crippen LogP contribution in [0.5, 0.6) is 5.88 Å². The minimum atomic E-state index is 0.520. The number of hydrogen-bond donors (Lipinski definition) is 1. The van der Waals surface area contributed by atoms with Crippen LogP contribution in [0.25, 0.3) is 0 Å². The first-order chi connectivity index (χ1) is 6.61. The van der Waals surface area contributed by atoms with E-state index in [-0.39, 0.29) is 0 Å². The molecular formula is C11H16N2O. The standard InChI is InChI=1S/C11H16N2O/c1-8(2)5-7-14-11-10(12)9(3)4-6-13-11/h4,6H,1,5,7,12H2,2-3H3. The van der Waals surface area contributed by atoms with Crippen LogP contribution in [0.1, 0.15) is 18.9 Å². The largest absolute Gasteiger partial charge is 0.476 e. The molecule has 3 nitrogen and oxygen atoms in total. The Bertz CT molecular complexity index is 334. The molecule has 14 heavy (non-hydrogen) atoms. The number of aromatic nitrogens is 1. The Kier molecular flexibility index (Phi) is 3.51. The number of hydrogen-bond acceptors (Lipinski definition) is 3. The number of pyridine rings is 1. The van der Waals surface area contributed by atoms with E-state index in [1.54, 1.807) is 6.20 Å². The van der Waals surface area contributed by atoms with Crippen molar-refractivity contribution >= 4 is 5.69 Å². The average Bonchev–Trinajstić information content (AvgIpc) is 2.12. The highest BCUT2D eigenvalue weighted by Crippen LogP contribution is 2.21. The van der Waals surface area contributed by atoms with Gasteiger partial charge in [0.2, 0.25) is 5.88 Å². The number of aryl methyl sites for hydroxylation is 1. The second-order valence-corrected chi connectivity index (χ2v) is 3.40. The van der Waals surface area contributed by atoms with Crippen molar-refractivity contribution in [1.82, 2.24) is 4.98 Å². The lowest BCUT2D eigenvalue weighted by molar-refractivity contribution is 0.311. The van der Waals surface area contributed by atoms with E-state index in [9.17, 15) is 0 Å². The molecule has 0 aliphatic heterocycles. The molecule has 0 spiro atoms. The number of nitrogen functional groups attached to an aromatic ring is 1. The lowest BCUT2D eigenvalue weighted by atomic mass is 10.2. The quantitative estimate of drug-likeness (QED) is 0.745. The van der Waals surface area contributed by atoms with Gasteiger partial charge in [0.15, 0.2) is 0 Å². The summed E-state index contributed by atoms with van der Waals surface area (Å²) in [7, 11) is 0. The molecule has 0 amide bonds. The third-order valence-electron chi connectivity index (χ3n) is 1.94. The zero-order valence-electron chi connectivity index (χ0n) is 8.71. The summed E-state index contributed by atoms with van der Waals surface area (Å²) < 4.78 is 5.43. The Morgan fingerprint density at radius 3 is 3.00 bits per heavy atom. The minimum Gasteiger partial charge on any atom is -0.476 e. The van der Waals surface area contributed by atoms with Gasteiger partial charge in [0.05, 0.1) is 12.3 Å². The molecule has 1 rings (SSSR count). The van der Waals surface area contributed by atoms with Crippen molar-refractivity contribution in [3.05, 3.63) is 30.0 Å². The zero-order valence-corrected chi connectivity index (χ0v) is 8.71. The van der Waals surface area contributed by atoms with Crippen molar-refractivity contribution in [2.45, 2.75) is 20.3 Å². The topological polar surface area (TPSA) is 48.1 Å². The highest BCUT2D eigenvalue weighted by molar-refractivity contribution is 5.53. The van der Waals surface area contributed by atoms with Crippen LogP contribution in [-0.4, -0.2) is 11.6 Å². The lowest BCUT2D eigenvalue weighted by Crippen LogP contribution is -2.03. The molecule has 3 heteroatoms. The number of anilines is 1. The molecule has 0 aromatic carbocycles. The van der Waals surface area contributed by atoms with Crippen LogP contribution >= 0.6 is 0 Å². The lowest BCUT2D eigenvalue weighted by Gasteiger charge is -2.08. The fraction of sp³-hybridized carbons (Fsp3) is 0.364. The van der Waals surface area contributed by atoms with Crippen LogP contribution in [0.4, 0.5) is 5.69 Å². The second-order valence-electron chi connectivity index (χ2n) is 3.40. The Hall–Kier alpha value is -1.51. The Morgan fingerprint density at radius 1 is 1.64 bits per heavy atom. The SMILES string of the molecule is C=C(C)CCOc1nccc(C)c1N. The zero-order chi connectivity index (χ0) is 10.6. The first kappa shape index (κ1) is 10.6. The maximum absolute atomic E-state index is 5.79. The number of nitrogens with two attached hydrogens (primary N) is 1. The summed E-state index contributed by atoms with van der Waals surface area (Å²) in [5.41, 5.74) is 8.49. The smallest absolute Gasteiger partial charge is 0.237 e. The summed E-state index contributed by atoms with van der Waals surface area (Å²) in [6, 6.07) is 1.86. The van der Waals surface area contributed by atoms with Crippen LogP contribution in [0.2, 0.25) is 0 Å². The molecule has 76 valence electrons. The molecule has 0 fully saturated rings. The van der Waals surface area contributed by atoms with Gasteiger partial charge in [-0.3, -0.25) is 0 Å². The van der Waals surface area contributed by atoms with Gasteiger partial charge in [-0.25, -0.2) is 4.98 Å². The normalized spacial score (nSPS) is 9.86. The summed E-state index contributed by atoms with van der Waals surface area (Å²) in [4.78, 5) is 4.06. The van der Waals surface area contributed by atoms with Gasteiger partial charge in [0, 0.05) is 12.6 Å². The number of ether oxygens (including phenoxy) is 1. The molecule has 0 saturated carbocycles. The molecule has 0 aliphatic carbocycles. The molecular weight excluding hydrogens is 176 g/mol. The molecule has 0 atom stereocenters. The molecule has 0 saturated heterocycles. The van der Waals surface area contributed by atoms with Gasteiger partial charge in [0.1, 0.15) is 0 Å². The van der Waals surface area contributed by atoms with E-state index < -0.39 is 0 Å². The minimum absolute atomic E-state index is 0.520. The van der Waals surface area contributed by atoms with Crippen LogP contribution in [0.3, 0.4) is 0 Å². The van der Waals surface area contributed by atoms with Crippen molar-refractivity contribution in [3.63, 3.8) is 0 Å². The van der Waals surface area contributed by atoms with E-state index in [0.717, 1.165) is 17.6 Å². The predicted molar refractivity (Wildman–Crippen MR) is 58.3 cm³/mol. The molecule has 1 aromatic rings. The highest BCUT2D eigenvalue weighted by atomic mass is 16.5. The molecule has 0 radical (unpaired) electrons. The molecule has 2 N–H and O–H groups in total. The molecule has 1 aromatic heterocycles. The fourth-order valence-electron chi connectivity index (χ4n) is 0.982. The third kappa shape index (κ3) is 2.76. The van der Waals surface area contributed by atoms with Crippen LogP contribution in [0, 0.1) is 6.92 Å². The highest BCUT2D eigenvalue weighted by Gasteiger charge is 2.03. The molecule has 0 aliphatic rings. The van der Waals surface area contributed by atoms with Gasteiger partial charge in [-0.1, -0.05) is 5.57 Å². The fourth-order valence-corrected chi connectivity index (χ4v) is 0.982. The molecule has 0 unspecified atom stereocenters. The Labute approximate surface area is 84.6 Å². The van der Waals surface area contributed by atoms with Crippen molar-refractivity contribution in [2.75, 3.05) is 12.3 Å². The first-order valence-electron chi connectivity index (χ1n) is 4.59. The van der Waals surface area contributed by atoms with Gasteiger partial charge in [-0.15, -0.1) is 6.58 Å². The van der Waals surface area contributed by atoms with Crippen molar-refractivity contribution in [2.24, 2.45) is 0 Å². The van der Waals surface area contributed by atoms with E-state index in [2.05, 4.69) is 11.6 Å². The summed E-state index contributed by atoms with van der Waals surface area (Å²) in [5.74, 6) is 0.520. The van der Waals surface area contributed by atoms with Gasteiger partial charge in [-0.2, -0.15) is 0 Å². The van der Waals surface area contributed by atoms with Crippen molar-refractivity contribution < 1.29 is 4.74 Å². The van der Waals surface area contributed by atoms with Gasteiger partial charge in [0.25, 0.3) is 0 Å². The van der Waals surface area contributed by atoms with E-state index in [1.807, 2.05) is 19.9 Å². The van der Waals surface area contributed by atoms with E-state index in [1.165, 1.54) is 0 Å². The van der Waals surface area contributed by atoms with Crippen molar-refractivity contribution in [1.29, 1.82) is 0 Å². The summed E-state index contributed by atoms with van der Waals surface area (Å²) in [6.45, 7) is 8.28. The Morgan fingerprint density at radius 2 is 2.36 bits per heavy atom. The number of nitrogens with zero attached hydrogens (tertiary/aromatic N) is 1.